The second kappa shape index (κ2) is 9.35. The second-order valence-corrected chi connectivity index (χ2v) is 7.45. The Morgan fingerprint density at radius 1 is 1.38 bits per heavy atom. The minimum Gasteiger partial charge on any atom is -0.497 e. The maximum Gasteiger partial charge on any atom is 0.296 e. The molecule has 0 radical (unpaired) electrons. The first kappa shape index (κ1) is 18.4. The average molecular weight is 390 g/mol. The molecule has 0 fully saturated rings. The van der Waals surface area contributed by atoms with Crippen molar-refractivity contribution < 1.29 is 4.74 Å². The summed E-state index contributed by atoms with van der Waals surface area (Å²) in [5.41, 5.74) is 0.995. The fraction of sp³-hybridized carbons (Fsp3) is 0.294. The first-order chi connectivity index (χ1) is 12.7. The van der Waals surface area contributed by atoms with Gasteiger partial charge in [-0.05, 0) is 17.7 Å². The normalized spacial score (nSPS) is 10.7. The Balaban J connectivity index is 1.49. The van der Waals surface area contributed by atoms with Crippen LogP contribution in [0.15, 0.2) is 40.6 Å². The fourth-order valence-corrected chi connectivity index (χ4v) is 3.82. The highest BCUT2D eigenvalue weighted by Crippen LogP contribution is 2.15. The van der Waals surface area contributed by atoms with Crippen molar-refractivity contribution in [3.05, 3.63) is 62.5 Å². The third-order valence-corrected chi connectivity index (χ3v) is 5.44. The van der Waals surface area contributed by atoms with Gasteiger partial charge in [-0.15, -0.1) is 11.3 Å². The topological polar surface area (TPSA) is 92.8 Å². The molecule has 0 saturated carbocycles. The van der Waals surface area contributed by atoms with E-state index in [1.807, 2.05) is 35.8 Å². The highest BCUT2D eigenvalue weighted by Gasteiger charge is 2.07. The van der Waals surface area contributed by atoms with Gasteiger partial charge in [0.25, 0.3) is 5.56 Å². The molecule has 1 aromatic carbocycles. The number of hydrogen-bond donors (Lipinski definition) is 2. The smallest absolute Gasteiger partial charge is 0.296 e. The molecule has 0 unspecified atom stereocenters. The number of benzene rings is 1. The van der Waals surface area contributed by atoms with Gasteiger partial charge >= 0.3 is 0 Å². The van der Waals surface area contributed by atoms with Gasteiger partial charge in [-0.2, -0.15) is 21.8 Å². The number of anilines is 1. The van der Waals surface area contributed by atoms with Crippen LogP contribution in [0.4, 0.5) is 5.95 Å². The minimum absolute atomic E-state index is 0.329. The van der Waals surface area contributed by atoms with Crippen LogP contribution < -0.4 is 15.6 Å². The Hall–Kier alpha value is -2.39. The van der Waals surface area contributed by atoms with E-state index in [1.54, 1.807) is 30.2 Å². The van der Waals surface area contributed by atoms with E-state index in [4.69, 9.17) is 4.74 Å². The average Bonchev–Trinajstić information content (AvgIpc) is 3.17. The maximum atomic E-state index is 12.2. The van der Waals surface area contributed by atoms with E-state index in [0.29, 0.717) is 24.6 Å². The van der Waals surface area contributed by atoms with Crippen LogP contribution in [-0.4, -0.2) is 39.6 Å². The van der Waals surface area contributed by atoms with Crippen LogP contribution in [0.1, 0.15) is 16.3 Å². The summed E-state index contributed by atoms with van der Waals surface area (Å²) in [5.74, 6) is 2.91. The van der Waals surface area contributed by atoms with Gasteiger partial charge in [0.15, 0.2) is 0 Å². The molecular weight excluding hydrogens is 370 g/mol. The molecule has 3 rings (SSSR count). The number of aromatic amines is 1. The van der Waals surface area contributed by atoms with Gasteiger partial charge in [0.05, 0.1) is 7.11 Å². The van der Waals surface area contributed by atoms with Crippen molar-refractivity contribution >= 4 is 29.0 Å². The molecular formula is C17H19N5O2S2. The molecule has 0 atom stereocenters. The Morgan fingerprint density at radius 3 is 3.08 bits per heavy atom. The van der Waals surface area contributed by atoms with E-state index in [9.17, 15) is 4.79 Å². The molecule has 3 aromatic rings. The van der Waals surface area contributed by atoms with Crippen molar-refractivity contribution in [2.24, 2.45) is 0 Å². The van der Waals surface area contributed by atoms with Crippen LogP contribution in [0.25, 0.3) is 0 Å². The molecule has 2 heterocycles. The molecule has 0 aliphatic carbocycles. The summed E-state index contributed by atoms with van der Waals surface area (Å²) >= 11 is 3.43. The van der Waals surface area contributed by atoms with Gasteiger partial charge in [-0.1, -0.05) is 12.1 Å². The van der Waals surface area contributed by atoms with Crippen LogP contribution in [0.3, 0.4) is 0 Å². The number of H-pyrrole nitrogens is 1. The van der Waals surface area contributed by atoms with Gasteiger partial charge in [-0.3, -0.25) is 4.79 Å². The van der Waals surface area contributed by atoms with E-state index in [0.717, 1.165) is 27.8 Å². The fourth-order valence-electron chi connectivity index (χ4n) is 2.25. The zero-order valence-corrected chi connectivity index (χ0v) is 15.9. The summed E-state index contributed by atoms with van der Waals surface area (Å²) in [6.07, 6.45) is 2.22. The van der Waals surface area contributed by atoms with E-state index < -0.39 is 0 Å². The zero-order chi connectivity index (χ0) is 18.2. The van der Waals surface area contributed by atoms with Crippen molar-refractivity contribution in [2.45, 2.75) is 12.2 Å². The molecule has 0 aliphatic heterocycles. The quantitative estimate of drug-likeness (QED) is 0.543. The van der Waals surface area contributed by atoms with Gasteiger partial charge in [-0.25, -0.2) is 10.1 Å². The number of rotatable bonds is 9. The third kappa shape index (κ3) is 5.30. The monoisotopic (exact) mass is 389 g/mol. The van der Waals surface area contributed by atoms with Gasteiger partial charge in [0.2, 0.25) is 5.95 Å². The Labute approximate surface area is 159 Å². The third-order valence-electron chi connectivity index (χ3n) is 3.51. The summed E-state index contributed by atoms with van der Waals surface area (Å²) in [5, 5.41) is 13.1. The zero-order valence-electron chi connectivity index (χ0n) is 14.3. The molecule has 26 heavy (non-hydrogen) atoms. The molecule has 0 bridgehead atoms. The summed E-state index contributed by atoms with van der Waals surface area (Å²) in [4.78, 5) is 20.4. The number of nitrogens with zero attached hydrogens (tertiary/aromatic N) is 3. The lowest BCUT2D eigenvalue weighted by Crippen LogP contribution is -2.20. The van der Waals surface area contributed by atoms with Crippen molar-refractivity contribution in [2.75, 3.05) is 24.7 Å². The number of methoxy groups -OCH3 is 1. The van der Waals surface area contributed by atoms with Gasteiger partial charge in [0, 0.05) is 36.0 Å². The van der Waals surface area contributed by atoms with Crippen LogP contribution in [0.5, 0.6) is 5.75 Å². The molecule has 0 amide bonds. The summed E-state index contributed by atoms with van der Waals surface area (Å²) in [6.45, 7) is 0.690. The summed E-state index contributed by atoms with van der Waals surface area (Å²) < 4.78 is 5.19. The molecule has 2 N–H and O–H groups in total. The molecule has 0 saturated heterocycles. The molecule has 2 aromatic heterocycles. The molecule has 136 valence electrons. The Kier molecular flexibility index (Phi) is 6.62. The molecule has 9 heteroatoms. The predicted molar refractivity (Wildman–Crippen MR) is 105 cm³/mol. The van der Waals surface area contributed by atoms with E-state index in [-0.39, 0.29) is 5.56 Å². The largest absolute Gasteiger partial charge is 0.497 e. The van der Waals surface area contributed by atoms with Crippen molar-refractivity contribution in [3.63, 3.8) is 0 Å². The standard InChI is InChI=1S/C17H19N5O2S2/c1-24-13-4-2-3-12(9-13)10-14-16(23)20-17(22-21-14)19-5-7-25-11-15-18-6-8-26-15/h2-4,6,8-9H,5,7,10-11H2,1H3,(H2,19,20,22,23). The minimum atomic E-state index is -0.329. The van der Waals surface area contributed by atoms with Gasteiger partial charge in [0.1, 0.15) is 16.5 Å². The number of nitrogens with one attached hydrogen (secondary N) is 2. The van der Waals surface area contributed by atoms with Crippen LogP contribution in [-0.2, 0) is 12.2 Å². The Bertz CT molecular complexity index is 883. The summed E-state index contributed by atoms with van der Waals surface area (Å²) in [6, 6.07) is 7.55. The lowest BCUT2D eigenvalue weighted by molar-refractivity contribution is 0.414. The van der Waals surface area contributed by atoms with Crippen molar-refractivity contribution in [1.82, 2.24) is 20.2 Å². The summed E-state index contributed by atoms with van der Waals surface area (Å²) in [7, 11) is 1.61. The second-order valence-electron chi connectivity index (χ2n) is 5.37. The number of thiazole rings is 1. The SMILES string of the molecule is COc1cccc(Cc2n[nH]c(NCCSCc3nccs3)nc2=O)c1. The van der Waals surface area contributed by atoms with Gasteiger partial charge < -0.3 is 10.1 Å². The number of hydrogen-bond acceptors (Lipinski definition) is 8. The predicted octanol–water partition coefficient (Wildman–Crippen LogP) is 2.57. The van der Waals surface area contributed by atoms with E-state index in [1.165, 1.54) is 0 Å². The number of ether oxygens (including phenoxy) is 1. The van der Waals surface area contributed by atoms with E-state index in [2.05, 4.69) is 25.5 Å². The first-order valence-corrected chi connectivity index (χ1v) is 10.1. The van der Waals surface area contributed by atoms with E-state index >= 15 is 0 Å². The lowest BCUT2D eigenvalue weighted by Gasteiger charge is -2.06. The van der Waals surface area contributed by atoms with Crippen LogP contribution in [0, 0.1) is 0 Å². The van der Waals surface area contributed by atoms with Crippen molar-refractivity contribution in [1.29, 1.82) is 0 Å². The number of thioether (sulfide) groups is 1. The highest BCUT2D eigenvalue weighted by atomic mass is 32.2. The maximum absolute atomic E-state index is 12.2. The molecule has 0 spiro atoms. The lowest BCUT2D eigenvalue weighted by atomic mass is 10.1. The number of aromatic nitrogens is 4. The van der Waals surface area contributed by atoms with Crippen LogP contribution in [0.2, 0.25) is 0 Å². The van der Waals surface area contributed by atoms with Crippen LogP contribution >= 0.6 is 23.1 Å². The highest BCUT2D eigenvalue weighted by molar-refractivity contribution is 7.98. The first-order valence-electron chi connectivity index (χ1n) is 8.03. The molecule has 7 nitrogen and oxygen atoms in total. The Morgan fingerprint density at radius 2 is 2.31 bits per heavy atom. The van der Waals surface area contributed by atoms with Crippen molar-refractivity contribution in [3.8, 4) is 5.75 Å². The molecule has 0 aliphatic rings.